The number of tetrazole rings is 1. The van der Waals surface area contributed by atoms with E-state index in [-0.39, 0.29) is 11.9 Å². The van der Waals surface area contributed by atoms with Gasteiger partial charge in [-0.1, -0.05) is 35.5 Å². The second-order valence-electron chi connectivity index (χ2n) is 4.99. The number of nitrogens with one attached hydrogen (secondary N) is 1. The summed E-state index contributed by atoms with van der Waals surface area (Å²) in [7, 11) is 1.77. The van der Waals surface area contributed by atoms with Crippen molar-refractivity contribution in [3.05, 3.63) is 34.9 Å². The zero-order chi connectivity index (χ0) is 15.9. The van der Waals surface area contributed by atoms with Crippen LogP contribution in [-0.4, -0.2) is 37.9 Å². The quantitative estimate of drug-likeness (QED) is 0.782. The standard InChI is InChI=1S/C14H18ClN5OS/c1-10(8-11-4-3-5-12(15)9-11)16-13(21)6-7-22-14-17-18-19-20(14)2/h3-5,9-10H,6-8H2,1-2H3,(H,16,21)/t10-/m0/s1. The van der Waals surface area contributed by atoms with Gasteiger partial charge in [0.05, 0.1) is 0 Å². The fourth-order valence-corrected chi connectivity index (χ4v) is 2.99. The van der Waals surface area contributed by atoms with Crippen LogP contribution in [0.1, 0.15) is 18.9 Å². The molecule has 22 heavy (non-hydrogen) atoms. The van der Waals surface area contributed by atoms with Crippen molar-refractivity contribution in [2.24, 2.45) is 7.05 Å². The van der Waals surface area contributed by atoms with E-state index < -0.39 is 0 Å². The molecule has 0 aliphatic rings. The highest BCUT2D eigenvalue weighted by Gasteiger charge is 2.10. The van der Waals surface area contributed by atoms with Crippen LogP contribution in [0.2, 0.25) is 5.02 Å². The summed E-state index contributed by atoms with van der Waals surface area (Å²) in [6.07, 6.45) is 1.18. The van der Waals surface area contributed by atoms with Gasteiger partial charge in [0.25, 0.3) is 0 Å². The van der Waals surface area contributed by atoms with Gasteiger partial charge in [0.2, 0.25) is 11.1 Å². The number of aromatic nitrogens is 4. The number of halogens is 1. The molecule has 1 heterocycles. The lowest BCUT2D eigenvalue weighted by Gasteiger charge is -2.14. The minimum atomic E-state index is 0.0251. The average Bonchev–Trinajstić information content (AvgIpc) is 2.84. The summed E-state index contributed by atoms with van der Waals surface area (Å²) < 4.78 is 1.59. The zero-order valence-electron chi connectivity index (χ0n) is 12.5. The number of thioether (sulfide) groups is 1. The Morgan fingerprint density at radius 3 is 3.00 bits per heavy atom. The third-order valence-electron chi connectivity index (χ3n) is 2.98. The minimum absolute atomic E-state index is 0.0251. The van der Waals surface area contributed by atoms with Crippen LogP contribution in [-0.2, 0) is 18.3 Å². The van der Waals surface area contributed by atoms with Crippen LogP contribution >= 0.6 is 23.4 Å². The van der Waals surface area contributed by atoms with Crippen molar-refractivity contribution >= 4 is 29.3 Å². The van der Waals surface area contributed by atoms with Crippen molar-refractivity contribution in [1.82, 2.24) is 25.5 Å². The predicted molar refractivity (Wildman–Crippen MR) is 86.9 cm³/mol. The number of rotatable bonds is 7. The Kier molecular flexibility index (Phi) is 6.21. The second kappa shape index (κ2) is 8.14. The van der Waals surface area contributed by atoms with Crippen molar-refractivity contribution in [3.8, 4) is 0 Å². The van der Waals surface area contributed by atoms with Crippen molar-refractivity contribution in [1.29, 1.82) is 0 Å². The molecule has 0 bridgehead atoms. The molecular weight excluding hydrogens is 322 g/mol. The molecule has 0 aliphatic heterocycles. The summed E-state index contributed by atoms with van der Waals surface area (Å²) in [5.74, 6) is 0.668. The Bertz CT molecular complexity index is 633. The first kappa shape index (κ1) is 16.8. The molecule has 0 radical (unpaired) electrons. The number of amides is 1. The van der Waals surface area contributed by atoms with Crippen LogP contribution in [0, 0.1) is 0 Å². The lowest BCUT2D eigenvalue weighted by molar-refractivity contribution is -0.121. The molecule has 0 aliphatic carbocycles. The highest BCUT2D eigenvalue weighted by molar-refractivity contribution is 7.99. The number of benzene rings is 1. The van der Waals surface area contributed by atoms with E-state index in [9.17, 15) is 4.79 Å². The second-order valence-corrected chi connectivity index (χ2v) is 6.48. The third kappa shape index (κ3) is 5.31. The Morgan fingerprint density at radius 1 is 1.50 bits per heavy atom. The molecule has 6 nitrogen and oxygen atoms in total. The predicted octanol–water partition coefficient (Wildman–Crippen LogP) is 2.09. The molecule has 118 valence electrons. The smallest absolute Gasteiger partial charge is 0.221 e. The summed E-state index contributed by atoms with van der Waals surface area (Å²) in [5.41, 5.74) is 1.11. The van der Waals surface area contributed by atoms with E-state index in [1.54, 1.807) is 11.7 Å². The SMILES string of the molecule is C[C@@H](Cc1cccc(Cl)c1)NC(=O)CCSc1nnnn1C. The molecule has 2 rings (SSSR count). The van der Waals surface area contributed by atoms with Gasteiger partial charge in [-0.2, -0.15) is 0 Å². The summed E-state index contributed by atoms with van der Waals surface area (Å²) in [6, 6.07) is 7.74. The van der Waals surface area contributed by atoms with E-state index in [1.807, 2.05) is 31.2 Å². The maximum Gasteiger partial charge on any atom is 0.221 e. The van der Waals surface area contributed by atoms with E-state index in [0.29, 0.717) is 22.4 Å². The van der Waals surface area contributed by atoms with Gasteiger partial charge in [-0.3, -0.25) is 4.79 Å². The summed E-state index contributed by atoms with van der Waals surface area (Å²) in [6.45, 7) is 1.98. The van der Waals surface area contributed by atoms with Gasteiger partial charge in [0, 0.05) is 30.3 Å². The Hall–Kier alpha value is -1.60. The van der Waals surface area contributed by atoms with Crippen molar-refractivity contribution in [3.63, 3.8) is 0 Å². The van der Waals surface area contributed by atoms with E-state index in [1.165, 1.54) is 11.8 Å². The third-order valence-corrected chi connectivity index (χ3v) is 4.23. The monoisotopic (exact) mass is 339 g/mol. The molecule has 1 amide bonds. The highest BCUT2D eigenvalue weighted by Crippen LogP contribution is 2.14. The van der Waals surface area contributed by atoms with Crippen LogP contribution in [0.4, 0.5) is 0 Å². The molecule has 0 saturated carbocycles. The molecule has 1 N–H and O–H groups in total. The number of hydrogen-bond acceptors (Lipinski definition) is 5. The van der Waals surface area contributed by atoms with Crippen molar-refractivity contribution in [2.75, 3.05) is 5.75 Å². The van der Waals surface area contributed by atoms with Crippen LogP contribution in [0.5, 0.6) is 0 Å². The van der Waals surface area contributed by atoms with Crippen molar-refractivity contribution < 1.29 is 4.79 Å². The first-order chi connectivity index (χ1) is 10.5. The molecule has 1 atom stereocenters. The Labute approximate surface area is 138 Å². The molecular formula is C14H18ClN5OS. The molecule has 1 aromatic carbocycles. The van der Waals surface area contributed by atoms with Gasteiger partial charge in [-0.05, 0) is 41.5 Å². The molecule has 0 saturated heterocycles. The lowest BCUT2D eigenvalue weighted by Crippen LogP contribution is -2.34. The first-order valence-electron chi connectivity index (χ1n) is 6.93. The summed E-state index contributed by atoms with van der Waals surface area (Å²) in [4.78, 5) is 11.9. The summed E-state index contributed by atoms with van der Waals surface area (Å²) in [5, 5.41) is 15.6. The fourth-order valence-electron chi connectivity index (χ4n) is 1.99. The van der Waals surface area contributed by atoms with Crippen LogP contribution < -0.4 is 5.32 Å². The largest absolute Gasteiger partial charge is 0.353 e. The number of carbonyl (C=O) groups excluding carboxylic acids is 1. The van der Waals surface area contributed by atoms with Gasteiger partial charge >= 0.3 is 0 Å². The van der Waals surface area contributed by atoms with E-state index in [2.05, 4.69) is 20.8 Å². The number of carbonyl (C=O) groups is 1. The van der Waals surface area contributed by atoms with E-state index in [0.717, 1.165) is 12.0 Å². The zero-order valence-corrected chi connectivity index (χ0v) is 14.1. The van der Waals surface area contributed by atoms with Gasteiger partial charge in [-0.15, -0.1) is 5.10 Å². The van der Waals surface area contributed by atoms with Gasteiger partial charge in [0.15, 0.2) is 0 Å². The molecule has 1 aromatic heterocycles. The topological polar surface area (TPSA) is 72.7 Å². The number of nitrogens with zero attached hydrogens (tertiary/aromatic N) is 4. The highest BCUT2D eigenvalue weighted by atomic mass is 35.5. The van der Waals surface area contributed by atoms with Crippen molar-refractivity contribution in [2.45, 2.75) is 31.0 Å². The fraction of sp³-hybridized carbons (Fsp3) is 0.429. The molecule has 2 aromatic rings. The normalized spacial score (nSPS) is 12.1. The van der Waals surface area contributed by atoms with Gasteiger partial charge in [-0.25, -0.2) is 4.68 Å². The van der Waals surface area contributed by atoms with Crippen LogP contribution in [0.3, 0.4) is 0 Å². The minimum Gasteiger partial charge on any atom is -0.353 e. The molecule has 8 heteroatoms. The molecule has 0 fully saturated rings. The maximum absolute atomic E-state index is 11.9. The molecule has 0 unspecified atom stereocenters. The summed E-state index contributed by atoms with van der Waals surface area (Å²) >= 11 is 7.42. The van der Waals surface area contributed by atoms with E-state index >= 15 is 0 Å². The lowest BCUT2D eigenvalue weighted by atomic mass is 10.1. The van der Waals surface area contributed by atoms with Gasteiger partial charge < -0.3 is 5.32 Å². The van der Waals surface area contributed by atoms with E-state index in [4.69, 9.17) is 11.6 Å². The molecule has 0 spiro atoms. The maximum atomic E-state index is 11.9. The number of aryl methyl sites for hydroxylation is 1. The Balaban J connectivity index is 1.71. The van der Waals surface area contributed by atoms with Crippen LogP contribution in [0.25, 0.3) is 0 Å². The Morgan fingerprint density at radius 2 is 2.32 bits per heavy atom. The average molecular weight is 340 g/mol. The first-order valence-corrected chi connectivity index (χ1v) is 8.30. The number of hydrogen-bond donors (Lipinski definition) is 1. The van der Waals surface area contributed by atoms with Gasteiger partial charge in [0.1, 0.15) is 0 Å². The van der Waals surface area contributed by atoms with Crippen LogP contribution in [0.15, 0.2) is 29.4 Å².